The van der Waals surface area contributed by atoms with Crippen LogP contribution in [0.2, 0.25) is 0 Å². The van der Waals surface area contributed by atoms with Crippen molar-refractivity contribution in [2.45, 2.75) is 18.2 Å². The van der Waals surface area contributed by atoms with Crippen LogP contribution in [0.15, 0.2) is 41.6 Å². The van der Waals surface area contributed by atoms with Gasteiger partial charge in [0.25, 0.3) is 10.0 Å². The van der Waals surface area contributed by atoms with E-state index in [1.54, 1.807) is 6.07 Å². The van der Waals surface area contributed by atoms with Crippen LogP contribution < -0.4 is 10.0 Å². The van der Waals surface area contributed by atoms with E-state index in [1.807, 2.05) is 6.92 Å². The molecule has 2 rings (SSSR count). The molecule has 0 aliphatic rings. The molecule has 20 heavy (non-hydrogen) atoms. The molecule has 0 amide bonds. The number of nitrogens with zero attached hydrogens (tertiary/aromatic N) is 3. The Morgan fingerprint density at radius 2 is 2.05 bits per heavy atom. The third kappa shape index (κ3) is 3.64. The van der Waals surface area contributed by atoms with E-state index in [1.165, 1.54) is 30.6 Å². The van der Waals surface area contributed by atoms with Crippen molar-refractivity contribution in [3.8, 4) is 0 Å². The Bertz CT molecular complexity index is 661. The highest BCUT2D eigenvalue weighted by Crippen LogP contribution is 2.15. The van der Waals surface area contributed by atoms with Crippen LogP contribution in [-0.2, 0) is 10.0 Å². The Balaban J connectivity index is 2.21. The second-order valence-electron chi connectivity index (χ2n) is 4.02. The summed E-state index contributed by atoms with van der Waals surface area (Å²) < 4.78 is 26.7. The van der Waals surface area contributed by atoms with E-state index in [2.05, 4.69) is 25.2 Å². The molecule has 7 nitrogen and oxygen atoms in total. The highest BCUT2D eigenvalue weighted by molar-refractivity contribution is 7.92. The molecule has 0 aromatic carbocycles. The molecule has 0 spiro atoms. The number of sulfonamides is 1. The van der Waals surface area contributed by atoms with Gasteiger partial charge < -0.3 is 5.32 Å². The Morgan fingerprint density at radius 1 is 1.20 bits per heavy atom. The molecule has 2 aromatic rings. The van der Waals surface area contributed by atoms with E-state index >= 15 is 0 Å². The highest BCUT2D eigenvalue weighted by Gasteiger charge is 2.15. The Hall–Kier alpha value is -2.22. The summed E-state index contributed by atoms with van der Waals surface area (Å²) in [4.78, 5) is 4.19. The largest absolute Gasteiger partial charge is 0.370 e. The van der Waals surface area contributed by atoms with Crippen LogP contribution in [0.25, 0.3) is 0 Å². The quantitative estimate of drug-likeness (QED) is 0.837. The van der Waals surface area contributed by atoms with Crippen molar-refractivity contribution < 1.29 is 8.42 Å². The second-order valence-corrected chi connectivity index (χ2v) is 5.70. The van der Waals surface area contributed by atoms with E-state index in [0.717, 1.165) is 13.0 Å². The summed E-state index contributed by atoms with van der Waals surface area (Å²) in [6.07, 6.45) is 3.84. The van der Waals surface area contributed by atoms with Gasteiger partial charge in [-0.05, 0) is 24.6 Å². The maximum atomic E-state index is 12.2. The van der Waals surface area contributed by atoms with Crippen LogP contribution >= 0.6 is 0 Å². The molecule has 2 heterocycles. The maximum Gasteiger partial charge on any atom is 0.263 e. The number of hydrogen-bond acceptors (Lipinski definition) is 6. The lowest BCUT2D eigenvalue weighted by molar-refractivity contribution is 0.601. The highest BCUT2D eigenvalue weighted by atomic mass is 32.2. The van der Waals surface area contributed by atoms with Gasteiger partial charge in [0, 0.05) is 25.0 Å². The lowest BCUT2D eigenvalue weighted by Crippen LogP contribution is -2.15. The average Bonchev–Trinajstić information content (AvgIpc) is 2.46. The first kappa shape index (κ1) is 14.2. The number of rotatable bonds is 6. The van der Waals surface area contributed by atoms with Crippen LogP contribution in [-0.4, -0.2) is 30.1 Å². The molecule has 2 aromatic heterocycles. The fraction of sp³-hybridized carbons (Fsp3) is 0.250. The van der Waals surface area contributed by atoms with Crippen molar-refractivity contribution in [3.05, 3.63) is 36.7 Å². The van der Waals surface area contributed by atoms with Crippen molar-refractivity contribution in [1.82, 2.24) is 15.2 Å². The van der Waals surface area contributed by atoms with Crippen molar-refractivity contribution in [2.24, 2.45) is 0 Å². The normalized spacial score (nSPS) is 11.1. The van der Waals surface area contributed by atoms with Gasteiger partial charge in [-0.3, -0.25) is 4.72 Å². The third-order valence-corrected chi connectivity index (χ3v) is 3.76. The number of anilines is 2. The van der Waals surface area contributed by atoms with Gasteiger partial charge in [0.15, 0.2) is 5.82 Å². The standard InChI is InChI=1S/C12H15N5O2S/c1-2-6-13-12-9-10(5-8-14-12)20(18,19)17-11-4-3-7-15-16-11/h3-5,7-9H,2,6H2,1H3,(H,13,14)(H,16,17). The molecular formula is C12H15N5O2S. The van der Waals surface area contributed by atoms with Crippen molar-refractivity contribution in [1.29, 1.82) is 0 Å². The van der Waals surface area contributed by atoms with Gasteiger partial charge >= 0.3 is 0 Å². The molecule has 2 N–H and O–H groups in total. The van der Waals surface area contributed by atoms with Gasteiger partial charge in [0.1, 0.15) is 5.82 Å². The van der Waals surface area contributed by atoms with Crippen molar-refractivity contribution in [2.75, 3.05) is 16.6 Å². The number of hydrogen-bond donors (Lipinski definition) is 2. The number of aromatic nitrogens is 3. The lowest BCUT2D eigenvalue weighted by Gasteiger charge is -2.08. The van der Waals surface area contributed by atoms with Gasteiger partial charge in [0.05, 0.1) is 4.90 Å². The molecule has 0 aliphatic carbocycles. The summed E-state index contributed by atoms with van der Waals surface area (Å²) in [5, 5.41) is 10.3. The summed E-state index contributed by atoms with van der Waals surface area (Å²) in [6, 6.07) is 6.04. The molecule has 0 atom stereocenters. The number of pyridine rings is 1. The fourth-order valence-electron chi connectivity index (χ4n) is 1.48. The van der Waals surface area contributed by atoms with Crippen LogP contribution in [0.5, 0.6) is 0 Å². The van der Waals surface area contributed by atoms with Crippen molar-refractivity contribution in [3.63, 3.8) is 0 Å². The van der Waals surface area contributed by atoms with E-state index < -0.39 is 10.0 Å². The molecule has 0 saturated carbocycles. The van der Waals surface area contributed by atoms with Crippen LogP contribution in [0.3, 0.4) is 0 Å². The molecule has 0 saturated heterocycles. The SMILES string of the molecule is CCCNc1cc(S(=O)(=O)Nc2cccnn2)ccn1. The molecule has 0 radical (unpaired) electrons. The first-order chi connectivity index (χ1) is 9.62. The molecule has 0 aliphatic heterocycles. The molecule has 106 valence electrons. The van der Waals surface area contributed by atoms with E-state index in [4.69, 9.17) is 0 Å². The van der Waals surface area contributed by atoms with E-state index in [-0.39, 0.29) is 10.7 Å². The van der Waals surface area contributed by atoms with Gasteiger partial charge in [-0.1, -0.05) is 6.92 Å². The first-order valence-electron chi connectivity index (χ1n) is 6.12. The Labute approximate surface area is 117 Å². The molecule has 8 heteroatoms. The second kappa shape index (κ2) is 6.29. The smallest absolute Gasteiger partial charge is 0.263 e. The minimum Gasteiger partial charge on any atom is -0.370 e. The van der Waals surface area contributed by atoms with Gasteiger partial charge in [-0.15, -0.1) is 5.10 Å². The molecule has 0 unspecified atom stereocenters. The summed E-state index contributed by atoms with van der Waals surface area (Å²) in [7, 11) is -3.69. The van der Waals surface area contributed by atoms with E-state index in [0.29, 0.717) is 5.82 Å². The fourth-order valence-corrected chi connectivity index (χ4v) is 2.49. The molecule has 0 fully saturated rings. The summed E-state index contributed by atoms with van der Waals surface area (Å²) in [5.74, 6) is 0.696. The zero-order chi connectivity index (χ0) is 14.4. The predicted octanol–water partition coefficient (Wildman–Crippen LogP) is 1.49. The summed E-state index contributed by atoms with van der Waals surface area (Å²) in [6.45, 7) is 2.75. The first-order valence-corrected chi connectivity index (χ1v) is 7.60. The predicted molar refractivity (Wildman–Crippen MR) is 75.9 cm³/mol. The Morgan fingerprint density at radius 3 is 2.75 bits per heavy atom. The van der Waals surface area contributed by atoms with Crippen LogP contribution in [0, 0.1) is 0 Å². The summed E-state index contributed by atoms with van der Waals surface area (Å²) in [5.41, 5.74) is 0. The van der Waals surface area contributed by atoms with E-state index in [9.17, 15) is 8.42 Å². The maximum absolute atomic E-state index is 12.2. The van der Waals surface area contributed by atoms with Gasteiger partial charge in [0.2, 0.25) is 0 Å². The minimum absolute atomic E-state index is 0.122. The number of nitrogens with one attached hydrogen (secondary N) is 2. The zero-order valence-electron chi connectivity index (χ0n) is 10.9. The van der Waals surface area contributed by atoms with Gasteiger partial charge in [-0.2, -0.15) is 5.10 Å². The molecular weight excluding hydrogens is 278 g/mol. The van der Waals surface area contributed by atoms with Crippen molar-refractivity contribution >= 4 is 21.7 Å². The Kier molecular flexibility index (Phi) is 4.46. The van der Waals surface area contributed by atoms with Crippen LogP contribution in [0.4, 0.5) is 11.6 Å². The average molecular weight is 293 g/mol. The third-order valence-electron chi connectivity index (χ3n) is 2.41. The topological polar surface area (TPSA) is 96.9 Å². The minimum atomic E-state index is -3.69. The van der Waals surface area contributed by atoms with Crippen LogP contribution in [0.1, 0.15) is 13.3 Å². The zero-order valence-corrected chi connectivity index (χ0v) is 11.8. The molecule has 0 bridgehead atoms. The summed E-state index contributed by atoms with van der Waals surface area (Å²) >= 11 is 0. The monoisotopic (exact) mass is 293 g/mol. The van der Waals surface area contributed by atoms with Gasteiger partial charge in [-0.25, -0.2) is 13.4 Å². The lowest BCUT2D eigenvalue weighted by atomic mass is 10.4.